The van der Waals surface area contributed by atoms with Crippen molar-refractivity contribution in [1.29, 1.82) is 0 Å². The summed E-state index contributed by atoms with van der Waals surface area (Å²) in [7, 11) is 0. The van der Waals surface area contributed by atoms with Gasteiger partial charge in [0.2, 0.25) is 0 Å². The van der Waals surface area contributed by atoms with E-state index in [-0.39, 0.29) is 12.0 Å². The summed E-state index contributed by atoms with van der Waals surface area (Å²) in [6.45, 7) is 3.60. The van der Waals surface area contributed by atoms with Crippen molar-refractivity contribution in [3.63, 3.8) is 0 Å². The summed E-state index contributed by atoms with van der Waals surface area (Å²) in [5.41, 5.74) is 4.45. The maximum atomic E-state index is 13.1. The SMILES string of the molecule is Cc1nc(-c2ccccc2)ccc1C(=O)N1CCO[C@H](c2ccccc2)C1. The van der Waals surface area contributed by atoms with Crippen LogP contribution in [0.2, 0.25) is 0 Å². The van der Waals surface area contributed by atoms with E-state index in [0.29, 0.717) is 25.3 Å². The van der Waals surface area contributed by atoms with E-state index in [2.05, 4.69) is 4.98 Å². The Bertz CT molecular complexity index is 926. The number of pyridine rings is 1. The Kier molecular flexibility index (Phi) is 4.99. The molecule has 0 saturated carbocycles. The molecule has 0 N–H and O–H groups in total. The van der Waals surface area contributed by atoms with Gasteiger partial charge >= 0.3 is 0 Å². The first-order chi connectivity index (χ1) is 13.2. The number of hydrogen-bond acceptors (Lipinski definition) is 3. The lowest BCUT2D eigenvalue weighted by Gasteiger charge is -2.33. The van der Waals surface area contributed by atoms with Gasteiger partial charge in [-0.25, -0.2) is 0 Å². The van der Waals surface area contributed by atoms with Crippen molar-refractivity contribution in [3.8, 4) is 11.3 Å². The predicted octanol–water partition coefficient (Wildman–Crippen LogP) is 4.27. The number of hydrogen-bond donors (Lipinski definition) is 0. The fourth-order valence-electron chi connectivity index (χ4n) is 3.43. The molecule has 1 aliphatic heterocycles. The second kappa shape index (κ2) is 7.72. The predicted molar refractivity (Wildman–Crippen MR) is 105 cm³/mol. The smallest absolute Gasteiger partial charge is 0.255 e. The van der Waals surface area contributed by atoms with E-state index >= 15 is 0 Å². The molecular formula is C23H22N2O2. The van der Waals surface area contributed by atoms with Gasteiger partial charge in [-0.15, -0.1) is 0 Å². The third-order valence-electron chi connectivity index (χ3n) is 4.91. The Labute approximate surface area is 159 Å². The highest BCUT2D eigenvalue weighted by atomic mass is 16.5. The maximum absolute atomic E-state index is 13.1. The molecule has 3 aromatic rings. The van der Waals surface area contributed by atoms with E-state index in [1.165, 1.54) is 0 Å². The molecule has 4 heteroatoms. The normalized spacial score (nSPS) is 16.9. The van der Waals surface area contributed by atoms with Crippen LogP contribution in [0.1, 0.15) is 27.7 Å². The van der Waals surface area contributed by atoms with Crippen LogP contribution in [0.3, 0.4) is 0 Å². The van der Waals surface area contributed by atoms with E-state index in [1.807, 2.05) is 84.6 Å². The monoisotopic (exact) mass is 358 g/mol. The summed E-state index contributed by atoms with van der Waals surface area (Å²) >= 11 is 0. The molecule has 0 unspecified atom stereocenters. The molecule has 4 rings (SSSR count). The molecule has 1 atom stereocenters. The van der Waals surface area contributed by atoms with Gasteiger partial charge in [0, 0.05) is 12.1 Å². The van der Waals surface area contributed by atoms with Crippen LogP contribution in [0.25, 0.3) is 11.3 Å². The zero-order chi connectivity index (χ0) is 18.6. The van der Waals surface area contributed by atoms with Crippen LogP contribution >= 0.6 is 0 Å². The summed E-state index contributed by atoms with van der Waals surface area (Å²) in [5, 5.41) is 0. The van der Waals surface area contributed by atoms with Crippen molar-refractivity contribution >= 4 is 5.91 Å². The van der Waals surface area contributed by atoms with Crippen molar-refractivity contribution in [3.05, 3.63) is 89.6 Å². The molecule has 1 aromatic heterocycles. The van der Waals surface area contributed by atoms with Crippen molar-refractivity contribution in [1.82, 2.24) is 9.88 Å². The Morgan fingerprint density at radius 3 is 2.41 bits per heavy atom. The molecular weight excluding hydrogens is 336 g/mol. The van der Waals surface area contributed by atoms with Crippen LogP contribution < -0.4 is 0 Å². The number of rotatable bonds is 3. The molecule has 1 aliphatic rings. The highest BCUT2D eigenvalue weighted by molar-refractivity contribution is 5.95. The number of aromatic nitrogens is 1. The quantitative estimate of drug-likeness (QED) is 0.702. The highest BCUT2D eigenvalue weighted by Gasteiger charge is 2.27. The molecule has 1 amide bonds. The van der Waals surface area contributed by atoms with Gasteiger partial charge in [-0.3, -0.25) is 9.78 Å². The number of morpholine rings is 1. The van der Waals surface area contributed by atoms with Crippen LogP contribution in [0, 0.1) is 6.92 Å². The minimum Gasteiger partial charge on any atom is -0.370 e. The van der Waals surface area contributed by atoms with Crippen molar-refractivity contribution in [2.24, 2.45) is 0 Å². The van der Waals surface area contributed by atoms with Gasteiger partial charge in [0.25, 0.3) is 5.91 Å². The fraction of sp³-hybridized carbons (Fsp3) is 0.217. The Hall–Kier alpha value is -2.98. The van der Waals surface area contributed by atoms with Crippen LogP contribution in [0.4, 0.5) is 0 Å². The van der Waals surface area contributed by atoms with Crippen LogP contribution in [-0.4, -0.2) is 35.5 Å². The Balaban J connectivity index is 1.54. The number of ether oxygens (including phenoxy) is 1. The number of aryl methyl sites for hydroxylation is 1. The first-order valence-corrected chi connectivity index (χ1v) is 9.21. The first kappa shape index (κ1) is 17.4. The maximum Gasteiger partial charge on any atom is 0.255 e. The Morgan fingerprint density at radius 1 is 1.00 bits per heavy atom. The number of carbonyl (C=O) groups is 1. The summed E-state index contributed by atoms with van der Waals surface area (Å²) in [6, 6.07) is 23.9. The fourth-order valence-corrected chi connectivity index (χ4v) is 3.43. The van der Waals surface area contributed by atoms with Crippen LogP contribution in [0.15, 0.2) is 72.8 Å². The summed E-state index contributed by atoms with van der Waals surface area (Å²) in [6.07, 6.45) is -0.0826. The zero-order valence-corrected chi connectivity index (χ0v) is 15.3. The van der Waals surface area contributed by atoms with E-state index in [4.69, 9.17) is 4.74 Å². The largest absolute Gasteiger partial charge is 0.370 e. The standard InChI is InChI=1S/C23H22N2O2/c1-17-20(12-13-21(24-17)18-8-4-2-5-9-18)23(26)25-14-15-27-22(16-25)19-10-6-3-7-11-19/h2-13,22H,14-16H2,1H3/t22-/m0/s1. The van der Waals surface area contributed by atoms with E-state index in [9.17, 15) is 4.79 Å². The average molecular weight is 358 g/mol. The van der Waals surface area contributed by atoms with Crippen LogP contribution in [0.5, 0.6) is 0 Å². The zero-order valence-electron chi connectivity index (χ0n) is 15.3. The van der Waals surface area contributed by atoms with Gasteiger partial charge in [-0.05, 0) is 24.6 Å². The molecule has 1 saturated heterocycles. The third kappa shape index (κ3) is 3.76. The molecule has 1 fully saturated rings. The number of nitrogens with zero attached hydrogens (tertiary/aromatic N) is 2. The molecule has 0 spiro atoms. The van der Waals surface area contributed by atoms with Crippen LogP contribution in [-0.2, 0) is 4.74 Å². The molecule has 0 bridgehead atoms. The van der Waals surface area contributed by atoms with Gasteiger partial charge in [-0.2, -0.15) is 0 Å². The van der Waals surface area contributed by atoms with E-state index in [1.54, 1.807) is 0 Å². The van der Waals surface area contributed by atoms with Gasteiger partial charge in [0.05, 0.1) is 30.1 Å². The Morgan fingerprint density at radius 2 is 1.70 bits per heavy atom. The van der Waals surface area contributed by atoms with E-state index < -0.39 is 0 Å². The van der Waals surface area contributed by atoms with Gasteiger partial charge in [0.15, 0.2) is 0 Å². The second-order valence-corrected chi connectivity index (χ2v) is 6.72. The molecule has 2 heterocycles. The lowest BCUT2D eigenvalue weighted by Crippen LogP contribution is -2.42. The molecule has 0 aliphatic carbocycles. The summed E-state index contributed by atoms with van der Waals surface area (Å²) < 4.78 is 5.88. The van der Waals surface area contributed by atoms with E-state index in [0.717, 1.165) is 22.5 Å². The molecule has 27 heavy (non-hydrogen) atoms. The second-order valence-electron chi connectivity index (χ2n) is 6.72. The summed E-state index contributed by atoms with van der Waals surface area (Å²) in [5.74, 6) is 0.0174. The number of benzene rings is 2. The average Bonchev–Trinajstić information content (AvgIpc) is 2.74. The lowest BCUT2D eigenvalue weighted by molar-refractivity contribution is -0.0228. The molecule has 2 aromatic carbocycles. The lowest BCUT2D eigenvalue weighted by atomic mass is 10.1. The van der Waals surface area contributed by atoms with Gasteiger partial charge in [0.1, 0.15) is 6.10 Å². The summed E-state index contributed by atoms with van der Waals surface area (Å²) in [4.78, 5) is 19.6. The molecule has 4 nitrogen and oxygen atoms in total. The minimum absolute atomic E-state index is 0.0174. The molecule has 0 radical (unpaired) electrons. The first-order valence-electron chi connectivity index (χ1n) is 9.21. The number of amides is 1. The number of carbonyl (C=O) groups excluding carboxylic acids is 1. The van der Waals surface area contributed by atoms with Gasteiger partial charge < -0.3 is 9.64 Å². The highest BCUT2D eigenvalue weighted by Crippen LogP contribution is 2.24. The topological polar surface area (TPSA) is 42.4 Å². The van der Waals surface area contributed by atoms with Crippen molar-refractivity contribution < 1.29 is 9.53 Å². The van der Waals surface area contributed by atoms with Crippen molar-refractivity contribution in [2.75, 3.05) is 19.7 Å². The minimum atomic E-state index is -0.0826. The third-order valence-corrected chi connectivity index (χ3v) is 4.91. The van der Waals surface area contributed by atoms with Crippen molar-refractivity contribution in [2.45, 2.75) is 13.0 Å². The molecule has 136 valence electrons. The van der Waals surface area contributed by atoms with Gasteiger partial charge in [-0.1, -0.05) is 60.7 Å².